The minimum absolute atomic E-state index is 0.113. The van der Waals surface area contributed by atoms with Gasteiger partial charge >= 0.3 is 0 Å². The normalized spacial score (nSPS) is 20.8. The van der Waals surface area contributed by atoms with Crippen molar-refractivity contribution in [2.24, 2.45) is 10.9 Å². The summed E-state index contributed by atoms with van der Waals surface area (Å²) in [5, 5.41) is 9.08. The minimum atomic E-state index is -0.665. The van der Waals surface area contributed by atoms with Gasteiger partial charge in [0.1, 0.15) is 5.60 Å². The lowest BCUT2D eigenvalue weighted by molar-refractivity contribution is -0.114. The molecule has 3 rings (SSSR count). The van der Waals surface area contributed by atoms with Crippen LogP contribution in [0.1, 0.15) is 31.9 Å². The third kappa shape index (κ3) is 2.64. The molecular formula is C21H22N2O. The van der Waals surface area contributed by atoms with Crippen LogP contribution in [-0.2, 0) is 10.3 Å². The van der Waals surface area contributed by atoms with Gasteiger partial charge in [-0.25, -0.2) is 0 Å². The predicted octanol–water partition coefficient (Wildman–Crippen LogP) is 4.34. The van der Waals surface area contributed by atoms with Crippen molar-refractivity contribution in [3.63, 3.8) is 0 Å². The quantitative estimate of drug-likeness (QED) is 0.842. The molecule has 1 fully saturated rings. The Hall–Kier alpha value is -2.44. The first-order valence-electron chi connectivity index (χ1n) is 8.27. The maximum Gasteiger partial charge on any atom is 0.160 e. The summed E-state index contributed by atoms with van der Waals surface area (Å²) in [6, 6.07) is 22.6. The Bertz CT molecular complexity index is 733. The van der Waals surface area contributed by atoms with E-state index >= 15 is 0 Å². The molecule has 0 bridgehead atoms. The van der Waals surface area contributed by atoms with Crippen molar-refractivity contribution >= 4 is 5.71 Å². The first kappa shape index (κ1) is 16.4. The number of benzene rings is 2. The van der Waals surface area contributed by atoms with Crippen molar-refractivity contribution in [3.8, 4) is 6.07 Å². The molecule has 1 unspecified atom stereocenters. The summed E-state index contributed by atoms with van der Waals surface area (Å²) in [4.78, 5) is 4.83. The lowest BCUT2D eigenvalue weighted by atomic mass is 9.70. The summed E-state index contributed by atoms with van der Waals surface area (Å²) in [5.74, 6) is -0.113. The van der Waals surface area contributed by atoms with Crippen molar-refractivity contribution in [1.29, 1.82) is 5.26 Å². The van der Waals surface area contributed by atoms with E-state index in [-0.39, 0.29) is 5.92 Å². The Kier molecular flexibility index (Phi) is 4.26. The second-order valence-electron chi connectivity index (χ2n) is 6.75. The highest BCUT2D eigenvalue weighted by Crippen LogP contribution is 2.50. The fourth-order valence-electron chi connectivity index (χ4n) is 3.33. The number of hydrogen-bond acceptors (Lipinski definition) is 3. The maximum atomic E-state index is 9.08. The van der Waals surface area contributed by atoms with Gasteiger partial charge in [0.05, 0.1) is 24.2 Å². The lowest BCUT2D eigenvalue weighted by Crippen LogP contribution is -2.65. The number of hydrogen-bond donors (Lipinski definition) is 0. The van der Waals surface area contributed by atoms with Crippen LogP contribution in [0.4, 0.5) is 0 Å². The second-order valence-corrected chi connectivity index (χ2v) is 6.75. The van der Waals surface area contributed by atoms with Gasteiger partial charge in [-0.1, -0.05) is 60.7 Å². The van der Waals surface area contributed by atoms with E-state index < -0.39 is 11.2 Å². The van der Waals surface area contributed by atoms with Crippen LogP contribution in [-0.4, -0.2) is 17.9 Å². The van der Waals surface area contributed by atoms with Gasteiger partial charge in [-0.05, 0) is 31.9 Å². The molecule has 2 aromatic carbocycles. The summed E-state index contributed by atoms with van der Waals surface area (Å²) in [5.41, 5.74) is 2.01. The highest BCUT2D eigenvalue weighted by Gasteiger charge is 2.59. The highest BCUT2D eigenvalue weighted by molar-refractivity contribution is 6.07. The van der Waals surface area contributed by atoms with Gasteiger partial charge in [-0.15, -0.1) is 0 Å². The molecule has 1 atom stereocenters. The molecule has 0 spiro atoms. The van der Waals surface area contributed by atoms with Gasteiger partial charge in [-0.2, -0.15) is 5.26 Å². The highest BCUT2D eigenvalue weighted by atomic mass is 16.6. The zero-order valence-corrected chi connectivity index (χ0v) is 14.4. The van der Waals surface area contributed by atoms with Crippen LogP contribution in [0.15, 0.2) is 65.7 Å². The molecule has 24 heavy (non-hydrogen) atoms. The largest absolute Gasteiger partial charge is 0.347 e. The monoisotopic (exact) mass is 318 g/mol. The summed E-state index contributed by atoms with van der Waals surface area (Å²) >= 11 is 0. The van der Waals surface area contributed by atoms with Gasteiger partial charge < -0.3 is 4.74 Å². The van der Waals surface area contributed by atoms with Crippen molar-refractivity contribution in [3.05, 3.63) is 71.8 Å². The molecule has 3 nitrogen and oxygen atoms in total. The molecule has 0 N–H and O–H groups in total. The molecule has 122 valence electrons. The third-order valence-corrected chi connectivity index (χ3v) is 4.42. The third-order valence-electron chi connectivity index (χ3n) is 4.42. The van der Waals surface area contributed by atoms with Crippen molar-refractivity contribution in [1.82, 2.24) is 0 Å². The van der Waals surface area contributed by atoms with E-state index in [4.69, 9.17) is 15.0 Å². The van der Waals surface area contributed by atoms with E-state index in [1.807, 2.05) is 57.2 Å². The Labute approximate surface area is 143 Å². The maximum absolute atomic E-state index is 9.08. The number of rotatable bonds is 4. The fraction of sp³-hybridized carbons (Fsp3) is 0.333. The smallest absolute Gasteiger partial charge is 0.160 e. The molecular weight excluding hydrogens is 296 g/mol. The van der Waals surface area contributed by atoms with Gasteiger partial charge in [0, 0.05) is 0 Å². The fourth-order valence-corrected chi connectivity index (χ4v) is 3.33. The van der Waals surface area contributed by atoms with Gasteiger partial charge in [0.15, 0.2) is 5.60 Å². The first-order chi connectivity index (χ1) is 11.5. The van der Waals surface area contributed by atoms with E-state index in [0.29, 0.717) is 6.54 Å². The predicted molar refractivity (Wildman–Crippen MR) is 95.9 cm³/mol. The van der Waals surface area contributed by atoms with E-state index in [9.17, 15) is 0 Å². The number of aliphatic imine (C=N–C) groups is 1. The van der Waals surface area contributed by atoms with Crippen LogP contribution in [0.2, 0.25) is 0 Å². The zero-order valence-electron chi connectivity index (χ0n) is 14.4. The molecule has 0 radical (unpaired) electrons. The average molecular weight is 318 g/mol. The number of ether oxygens (including phenoxy) is 1. The molecule has 2 aromatic rings. The minimum Gasteiger partial charge on any atom is -0.347 e. The molecule has 0 aromatic heterocycles. The van der Waals surface area contributed by atoms with Crippen LogP contribution in [0, 0.1) is 17.2 Å². The first-order valence-corrected chi connectivity index (χ1v) is 8.27. The molecule has 1 aliphatic rings. The summed E-state index contributed by atoms with van der Waals surface area (Å²) < 4.78 is 6.45. The molecule has 1 aliphatic heterocycles. The Morgan fingerprint density at radius 2 is 1.50 bits per heavy atom. The van der Waals surface area contributed by atoms with Crippen LogP contribution in [0.25, 0.3) is 0 Å². The Morgan fingerprint density at radius 3 is 1.92 bits per heavy atom. The van der Waals surface area contributed by atoms with E-state index in [2.05, 4.69) is 30.3 Å². The summed E-state index contributed by atoms with van der Waals surface area (Å²) in [7, 11) is 0. The Balaban J connectivity index is 2.14. The summed E-state index contributed by atoms with van der Waals surface area (Å²) in [6.07, 6.45) is 0. The van der Waals surface area contributed by atoms with Crippen molar-refractivity contribution in [2.45, 2.75) is 32.0 Å². The van der Waals surface area contributed by atoms with Crippen LogP contribution in [0.5, 0.6) is 0 Å². The molecule has 1 heterocycles. The number of nitriles is 1. The SMILES string of the molecule is CC(C#N)CN=C1C(C)(C)OC1(c1ccccc1)c1ccccc1. The standard InChI is InChI=1S/C21H22N2O/c1-16(14-22)15-23-19-20(2,3)24-21(19,17-10-6-4-7-11-17)18-12-8-5-9-13-18/h4-13,16H,15H2,1-3H3. The van der Waals surface area contributed by atoms with Crippen LogP contribution < -0.4 is 0 Å². The van der Waals surface area contributed by atoms with Gasteiger partial charge in [0.2, 0.25) is 0 Å². The second kappa shape index (κ2) is 6.22. The molecule has 0 amide bonds. The lowest BCUT2D eigenvalue weighted by Gasteiger charge is -2.55. The van der Waals surface area contributed by atoms with Crippen LogP contribution >= 0.6 is 0 Å². The van der Waals surface area contributed by atoms with Crippen molar-refractivity contribution < 1.29 is 4.74 Å². The van der Waals surface area contributed by atoms with E-state index in [1.54, 1.807) is 0 Å². The zero-order chi connectivity index (χ0) is 17.2. The van der Waals surface area contributed by atoms with Gasteiger partial charge in [-0.3, -0.25) is 4.99 Å². The average Bonchev–Trinajstić information content (AvgIpc) is 2.61. The molecule has 3 heteroatoms. The van der Waals surface area contributed by atoms with Crippen molar-refractivity contribution in [2.75, 3.05) is 6.54 Å². The molecule has 1 saturated heterocycles. The van der Waals surface area contributed by atoms with E-state index in [1.165, 1.54) is 0 Å². The number of nitrogens with zero attached hydrogens (tertiary/aromatic N) is 2. The van der Waals surface area contributed by atoms with E-state index in [0.717, 1.165) is 16.8 Å². The van der Waals surface area contributed by atoms with Crippen LogP contribution in [0.3, 0.4) is 0 Å². The topological polar surface area (TPSA) is 45.4 Å². The Morgan fingerprint density at radius 1 is 1.00 bits per heavy atom. The summed E-state index contributed by atoms with van der Waals surface area (Å²) in [6.45, 7) is 6.45. The van der Waals surface area contributed by atoms with Gasteiger partial charge in [0.25, 0.3) is 0 Å². The molecule has 0 aliphatic carbocycles. The molecule has 0 saturated carbocycles.